The first-order valence-corrected chi connectivity index (χ1v) is 7.72. The van der Waals surface area contributed by atoms with Crippen LogP contribution in [0.3, 0.4) is 0 Å². The maximum atomic E-state index is 5.70. The van der Waals surface area contributed by atoms with E-state index in [-0.39, 0.29) is 11.3 Å². The molecule has 5 rings (SSSR count). The third kappa shape index (κ3) is 1.76. The number of rotatable bonds is 3. The van der Waals surface area contributed by atoms with Crippen LogP contribution in [0.2, 0.25) is 0 Å². The van der Waals surface area contributed by atoms with Gasteiger partial charge in [0.05, 0.1) is 5.41 Å². The van der Waals surface area contributed by atoms with Gasteiger partial charge in [0.15, 0.2) is 5.82 Å². The molecular weight excluding hydrogens is 238 g/mol. The molecule has 19 heavy (non-hydrogen) atoms. The minimum Gasteiger partial charge on any atom is -0.339 e. The van der Waals surface area contributed by atoms with Gasteiger partial charge in [-0.1, -0.05) is 12.1 Å². The third-order valence-corrected chi connectivity index (χ3v) is 5.73. The molecule has 0 saturated heterocycles. The van der Waals surface area contributed by atoms with Crippen molar-refractivity contribution in [2.75, 3.05) is 6.54 Å². The largest absolute Gasteiger partial charge is 0.339 e. The Morgan fingerprint density at radius 3 is 2.32 bits per heavy atom. The van der Waals surface area contributed by atoms with Gasteiger partial charge < -0.3 is 10.3 Å². The van der Waals surface area contributed by atoms with E-state index >= 15 is 0 Å². The number of hydrogen-bond acceptors (Lipinski definition) is 4. The first-order valence-electron chi connectivity index (χ1n) is 7.72. The van der Waals surface area contributed by atoms with Crippen LogP contribution in [0, 0.1) is 17.8 Å². The van der Waals surface area contributed by atoms with Gasteiger partial charge in [0.1, 0.15) is 0 Å². The Morgan fingerprint density at radius 2 is 1.79 bits per heavy atom. The summed E-state index contributed by atoms with van der Waals surface area (Å²) in [5.74, 6) is 4.65. The van der Waals surface area contributed by atoms with Gasteiger partial charge in [-0.05, 0) is 56.3 Å². The average Bonchev–Trinajstić information content (AvgIpc) is 2.86. The minimum absolute atomic E-state index is 0.200. The van der Waals surface area contributed by atoms with E-state index < -0.39 is 0 Å². The van der Waals surface area contributed by atoms with Crippen molar-refractivity contribution in [3.63, 3.8) is 0 Å². The smallest absolute Gasteiger partial charge is 0.232 e. The molecule has 0 spiro atoms. The summed E-state index contributed by atoms with van der Waals surface area (Å²) in [6.45, 7) is 2.65. The fourth-order valence-corrected chi connectivity index (χ4v) is 5.13. The van der Waals surface area contributed by atoms with Crippen LogP contribution in [0.15, 0.2) is 4.52 Å². The van der Waals surface area contributed by atoms with E-state index in [4.69, 9.17) is 15.2 Å². The van der Waals surface area contributed by atoms with E-state index in [1.54, 1.807) is 0 Å². The van der Waals surface area contributed by atoms with Crippen LogP contribution in [-0.4, -0.2) is 16.7 Å². The van der Waals surface area contributed by atoms with Gasteiger partial charge in [-0.25, -0.2) is 0 Å². The van der Waals surface area contributed by atoms with E-state index in [9.17, 15) is 0 Å². The van der Waals surface area contributed by atoms with Gasteiger partial charge in [-0.3, -0.25) is 0 Å². The molecule has 4 saturated carbocycles. The molecule has 1 aromatic rings. The summed E-state index contributed by atoms with van der Waals surface area (Å²) in [6, 6.07) is 0. The quantitative estimate of drug-likeness (QED) is 0.908. The number of aromatic nitrogens is 2. The molecule has 104 valence electrons. The molecule has 1 atom stereocenters. The minimum atomic E-state index is 0.200. The molecule has 1 unspecified atom stereocenters. The molecule has 4 aliphatic carbocycles. The summed E-state index contributed by atoms with van der Waals surface area (Å²) in [6.07, 6.45) is 8.16. The molecule has 0 amide bonds. The second kappa shape index (κ2) is 4.05. The molecule has 0 aliphatic heterocycles. The highest BCUT2D eigenvalue weighted by Gasteiger charge is 2.54. The Morgan fingerprint density at radius 1 is 1.21 bits per heavy atom. The number of hydrogen-bond donors (Lipinski definition) is 1. The summed E-state index contributed by atoms with van der Waals surface area (Å²) in [5.41, 5.74) is 5.91. The topological polar surface area (TPSA) is 64.9 Å². The molecule has 2 N–H and O–H groups in total. The van der Waals surface area contributed by atoms with Crippen molar-refractivity contribution < 1.29 is 4.52 Å². The highest BCUT2D eigenvalue weighted by Crippen LogP contribution is 2.60. The van der Waals surface area contributed by atoms with Crippen LogP contribution in [0.5, 0.6) is 0 Å². The summed E-state index contributed by atoms with van der Waals surface area (Å²) in [4.78, 5) is 4.71. The van der Waals surface area contributed by atoms with E-state index in [1.807, 2.05) is 0 Å². The van der Waals surface area contributed by atoms with Gasteiger partial charge in [0.2, 0.25) is 5.89 Å². The van der Waals surface area contributed by atoms with Crippen LogP contribution in [0.4, 0.5) is 0 Å². The monoisotopic (exact) mass is 261 g/mol. The van der Waals surface area contributed by atoms with Crippen LogP contribution in [0.1, 0.15) is 63.1 Å². The van der Waals surface area contributed by atoms with Crippen LogP contribution in [-0.2, 0) is 5.41 Å². The Hall–Kier alpha value is -0.900. The Bertz CT molecular complexity index is 446. The van der Waals surface area contributed by atoms with Gasteiger partial charge in [-0.15, -0.1) is 0 Å². The molecule has 4 aliphatic rings. The van der Waals surface area contributed by atoms with Gasteiger partial charge in [-0.2, -0.15) is 4.98 Å². The SMILES string of the molecule is CC(CN)c1noc(C23CC4CC(CC(C4)C2)C3)n1. The third-order valence-electron chi connectivity index (χ3n) is 5.73. The lowest BCUT2D eigenvalue weighted by molar-refractivity contribution is -0.0201. The molecule has 0 radical (unpaired) electrons. The first kappa shape index (κ1) is 11.9. The van der Waals surface area contributed by atoms with Crippen molar-refractivity contribution in [2.45, 2.75) is 56.8 Å². The number of nitrogens with zero attached hydrogens (tertiary/aromatic N) is 2. The Labute approximate surface area is 114 Å². The van der Waals surface area contributed by atoms with Crippen molar-refractivity contribution in [3.05, 3.63) is 11.7 Å². The predicted molar refractivity (Wildman–Crippen MR) is 71.6 cm³/mol. The summed E-state index contributed by atoms with van der Waals surface area (Å²) in [5, 5.41) is 4.18. The lowest BCUT2D eigenvalue weighted by Gasteiger charge is -2.55. The van der Waals surface area contributed by atoms with E-state index in [0.29, 0.717) is 6.54 Å². The zero-order valence-corrected chi connectivity index (χ0v) is 11.6. The van der Waals surface area contributed by atoms with Crippen LogP contribution < -0.4 is 5.73 Å². The van der Waals surface area contributed by atoms with Crippen molar-refractivity contribution in [2.24, 2.45) is 23.5 Å². The van der Waals surface area contributed by atoms with E-state index in [2.05, 4.69) is 12.1 Å². The zero-order chi connectivity index (χ0) is 13.0. The fourth-order valence-electron chi connectivity index (χ4n) is 5.13. The molecule has 4 fully saturated rings. The highest BCUT2D eigenvalue weighted by atomic mass is 16.5. The fraction of sp³-hybridized carbons (Fsp3) is 0.867. The lowest BCUT2D eigenvalue weighted by Crippen LogP contribution is -2.48. The lowest BCUT2D eigenvalue weighted by atomic mass is 9.49. The predicted octanol–water partition coefficient (Wildman–Crippen LogP) is 2.60. The first-order chi connectivity index (χ1) is 9.18. The van der Waals surface area contributed by atoms with Crippen molar-refractivity contribution in [1.82, 2.24) is 10.1 Å². The van der Waals surface area contributed by atoms with Crippen molar-refractivity contribution >= 4 is 0 Å². The average molecular weight is 261 g/mol. The number of nitrogens with two attached hydrogens (primary N) is 1. The molecule has 4 heteroatoms. The van der Waals surface area contributed by atoms with E-state index in [0.717, 1.165) is 29.5 Å². The van der Waals surface area contributed by atoms with Gasteiger partial charge >= 0.3 is 0 Å². The second-order valence-corrected chi connectivity index (χ2v) is 7.29. The highest BCUT2D eigenvalue weighted by molar-refractivity contribution is 5.15. The molecule has 4 bridgehead atoms. The molecule has 1 aromatic heterocycles. The molecule has 1 heterocycles. The maximum Gasteiger partial charge on any atom is 0.232 e. The molecule has 0 aromatic carbocycles. The zero-order valence-electron chi connectivity index (χ0n) is 11.6. The maximum absolute atomic E-state index is 5.70. The summed E-state index contributed by atoms with van der Waals surface area (Å²) < 4.78 is 5.66. The van der Waals surface area contributed by atoms with Crippen molar-refractivity contribution in [1.29, 1.82) is 0 Å². The normalized spacial score (nSPS) is 41.7. The standard InChI is InChI=1S/C15H23N3O/c1-9(8-16)13-17-14(19-18-13)15-5-10-2-11(6-15)4-12(3-10)7-15/h9-12H,2-8,16H2,1H3. The summed E-state index contributed by atoms with van der Waals surface area (Å²) in [7, 11) is 0. The van der Waals surface area contributed by atoms with Gasteiger partial charge in [0, 0.05) is 12.5 Å². The molecular formula is C15H23N3O. The van der Waals surface area contributed by atoms with E-state index in [1.165, 1.54) is 38.5 Å². The van der Waals surface area contributed by atoms with Gasteiger partial charge in [0.25, 0.3) is 0 Å². The summed E-state index contributed by atoms with van der Waals surface area (Å²) >= 11 is 0. The second-order valence-electron chi connectivity index (χ2n) is 7.29. The van der Waals surface area contributed by atoms with Crippen LogP contribution >= 0.6 is 0 Å². The Kier molecular flexibility index (Phi) is 2.53. The molecule has 4 nitrogen and oxygen atoms in total. The Balaban J connectivity index is 1.66. The van der Waals surface area contributed by atoms with Crippen molar-refractivity contribution in [3.8, 4) is 0 Å². The van der Waals surface area contributed by atoms with Crippen LogP contribution in [0.25, 0.3) is 0 Å².